The molecule has 0 bridgehead atoms. The summed E-state index contributed by atoms with van der Waals surface area (Å²) in [6.45, 7) is 3.00. The fourth-order valence-electron chi connectivity index (χ4n) is 3.44. The van der Waals surface area contributed by atoms with Crippen LogP contribution in [0.4, 0.5) is 0 Å². The molecule has 0 saturated carbocycles. The van der Waals surface area contributed by atoms with E-state index in [-0.39, 0.29) is 5.91 Å². The van der Waals surface area contributed by atoms with Crippen LogP contribution in [0.1, 0.15) is 94.5 Å². The lowest BCUT2D eigenvalue weighted by Crippen LogP contribution is -2.24. The minimum absolute atomic E-state index is 0.0715. The Kier molecular flexibility index (Phi) is 11.1. The molecule has 1 heterocycles. The monoisotopic (exact) mass is 383 g/mol. The number of rotatable bonds is 15. The van der Waals surface area contributed by atoms with Gasteiger partial charge in [-0.1, -0.05) is 108 Å². The van der Waals surface area contributed by atoms with Gasteiger partial charge in [0.05, 0.1) is 6.20 Å². The van der Waals surface area contributed by atoms with E-state index < -0.39 is 0 Å². The Morgan fingerprint density at radius 2 is 1.43 bits per heavy atom. The highest BCUT2D eigenvalue weighted by Gasteiger charge is 2.09. The van der Waals surface area contributed by atoms with Gasteiger partial charge in [0.2, 0.25) is 0 Å². The summed E-state index contributed by atoms with van der Waals surface area (Å²) in [6, 6.07) is 9.85. The van der Waals surface area contributed by atoms with Crippen LogP contribution in [0.3, 0.4) is 0 Å². The van der Waals surface area contributed by atoms with Gasteiger partial charge < -0.3 is 10.3 Å². The first-order valence-electron chi connectivity index (χ1n) is 11.2. The third kappa shape index (κ3) is 8.73. The average Bonchev–Trinajstić information content (AvgIpc) is 3.22. The lowest BCUT2D eigenvalue weighted by molar-refractivity contribution is 0.0948. The van der Waals surface area contributed by atoms with Gasteiger partial charge >= 0.3 is 0 Å². The lowest BCUT2D eigenvalue weighted by Gasteiger charge is -2.04. The van der Waals surface area contributed by atoms with Gasteiger partial charge in [-0.3, -0.25) is 4.79 Å². The molecule has 0 aliphatic heterocycles. The summed E-state index contributed by atoms with van der Waals surface area (Å²) in [7, 11) is 0. The first-order valence-corrected chi connectivity index (χ1v) is 11.2. The van der Waals surface area contributed by atoms with Crippen molar-refractivity contribution in [3.8, 4) is 11.4 Å². The molecule has 0 radical (unpaired) electrons. The Bertz CT molecular complexity index is 651. The van der Waals surface area contributed by atoms with Gasteiger partial charge in [0.25, 0.3) is 5.91 Å². The summed E-state index contributed by atoms with van der Waals surface area (Å²) in [4.78, 5) is 19.6. The summed E-state index contributed by atoms with van der Waals surface area (Å²) < 4.78 is 0. The summed E-state index contributed by atoms with van der Waals surface area (Å²) in [5, 5.41) is 2.99. The number of nitrogens with one attached hydrogen (secondary N) is 2. The predicted molar refractivity (Wildman–Crippen MR) is 117 cm³/mol. The molecule has 0 aliphatic carbocycles. The zero-order chi connectivity index (χ0) is 19.9. The molecule has 4 heteroatoms. The number of carbonyl (C=O) groups is 1. The second kappa shape index (κ2) is 14.0. The van der Waals surface area contributed by atoms with Crippen LogP contribution < -0.4 is 5.32 Å². The van der Waals surface area contributed by atoms with E-state index in [1.807, 2.05) is 30.3 Å². The van der Waals surface area contributed by atoms with Crippen LogP contribution >= 0.6 is 0 Å². The van der Waals surface area contributed by atoms with Crippen LogP contribution in [0.2, 0.25) is 0 Å². The molecule has 0 aliphatic rings. The molecule has 2 rings (SSSR count). The number of imidazole rings is 1. The van der Waals surface area contributed by atoms with Crippen molar-refractivity contribution < 1.29 is 4.79 Å². The van der Waals surface area contributed by atoms with Gasteiger partial charge in [-0.15, -0.1) is 0 Å². The van der Waals surface area contributed by atoms with Gasteiger partial charge in [-0.25, -0.2) is 4.98 Å². The highest BCUT2D eigenvalue weighted by molar-refractivity contribution is 5.92. The van der Waals surface area contributed by atoms with Crippen LogP contribution in [0.15, 0.2) is 36.5 Å². The average molecular weight is 384 g/mol. The number of aromatic nitrogens is 2. The number of benzene rings is 1. The molecule has 0 fully saturated rings. The Morgan fingerprint density at radius 1 is 0.857 bits per heavy atom. The number of nitrogens with zero attached hydrogens (tertiary/aromatic N) is 1. The van der Waals surface area contributed by atoms with Crippen LogP contribution in [-0.2, 0) is 0 Å². The molecular weight excluding hydrogens is 346 g/mol. The van der Waals surface area contributed by atoms with Crippen molar-refractivity contribution in [3.63, 3.8) is 0 Å². The zero-order valence-electron chi connectivity index (χ0n) is 17.5. The highest BCUT2D eigenvalue weighted by atomic mass is 16.1. The molecule has 2 N–H and O–H groups in total. The molecule has 28 heavy (non-hydrogen) atoms. The van der Waals surface area contributed by atoms with Crippen LogP contribution in [0.5, 0.6) is 0 Å². The molecule has 0 atom stereocenters. The molecule has 1 amide bonds. The number of aromatic amines is 1. The van der Waals surface area contributed by atoms with Gasteiger partial charge in [-0.05, 0) is 6.42 Å². The summed E-state index contributed by atoms with van der Waals surface area (Å²) >= 11 is 0. The number of unbranched alkanes of at least 4 members (excludes halogenated alkanes) is 11. The Morgan fingerprint density at radius 3 is 2.04 bits per heavy atom. The second-order valence-electron chi connectivity index (χ2n) is 7.66. The molecule has 0 saturated heterocycles. The first kappa shape index (κ1) is 22.2. The second-order valence-corrected chi connectivity index (χ2v) is 7.66. The van der Waals surface area contributed by atoms with Crippen LogP contribution in [-0.4, -0.2) is 22.4 Å². The maximum Gasteiger partial charge on any atom is 0.269 e. The fraction of sp³-hybridized carbons (Fsp3) is 0.583. The number of hydrogen-bond acceptors (Lipinski definition) is 2. The molecule has 0 unspecified atom stereocenters. The van der Waals surface area contributed by atoms with Crippen molar-refractivity contribution in [2.45, 2.75) is 84.0 Å². The summed E-state index contributed by atoms with van der Waals surface area (Å²) in [5.74, 6) is 0.661. The standard InChI is InChI=1S/C24H37N3O/c1-2-3-4-5-6-7-8-9-10-11-12-16-19-25-24(28)22-20-26-23(27-22)21-17-14-13-15-18-21/h13-15,17-18,20H,2-12,16,19H2,1H3,(H,25,28)(H,26,27). The third-order valence-corrected chi connectivity index (χ3v) is 5.18. The molecule has 2 aromatic rings. The number of hydrogen-bond donors (Lipinski definition) is 2. The molecular formula is C24H37N3O. The quantitative estimate of drug-likeness (QED) is 0.344. The molecule has 0 spiro atoms. The van der Waals surface area contributed by atoms with E-state index in [0.717, 1.165) is 24.4 Å². The summed E-state index contributed by atoms with van der Waals surface area (Å²) in [5.41, 5.74) is 1.51. The Hall–Kier alpha value is -2.10. The predicted octanol–water partition coefficient (Wildman–Crippen LogP) is 6.51. The SMILES string of the molecule is CCCCCCCCCCCCCCNC(=O)c1cnc(-c2ccccc2)[nH]1. The maximum absolute atomic E-state index is 12.2. The van der Waals surface area contributed by atoms with Crippen molar-refractivity contribution in [3.05, 3.63) is 42.2 Å². The number of H-pyrrole nitrogens is 1. The number of carbonyl (C=O) groups excluding carboxylic acids is 1. The molecule has 154 valence electrons. The van der Waals surface area contributed by atoms with Gasteiger partial charge in [0.1, 0.15) is 11.5 Å². The van der Waals surface area contributed by atoms with Gasteiger partial charge in [0, 0.05) is 12.1 Å². The van der Waals surface area contributed by atoms with Crippen LogP contribution in [0.25, 0.3) is 11.4 Å². The van der Waals surface area contributed by atoms with Crippen molar-refractivity contribution in [2.24, 2.45) is 0 Å². The maximum atomic E-state index is 12.2. The lowest BCUT2D eigenvalue weighted by atomic mass is 10.1. The van der Waals surface area contributed by atoms with Crippen molar-refractivity contribution in [1.29, 1.82) is 0 Å². The van der Waals surface area contributed by atoms with E-state index in [4.69, 9.17) is 0 Å². The topological polar surface area (TPSA) is 57.8 Å². The van der Waals surface area contributed by atoms with E-state index in [0.29, 0.717) is 5.69 Å². The van der Waals surface area contributed by atoms with Crippen molar-refractivity contribution in [1.82, 2.24) is 15.3 Å². The Balaban J connectivity index is 1.47. The normalized spacial score (nSPS) is 10.9. The van der Waals surface area contributed by atoms with Gasteiger partial charge in [-0.2, -0.15) is 0 Å². The third-order valence-electron chi connectivity index (χ3n) is 5.18. The zero-order valence-corrected chi connectivity index (χ0v) is 17.5. The smallest absolute Gasteiger partial charge is 0.269 e. The molecule has 1 aromatic heterocycles. The van der Waals surface area contributed by atoms with Crippen LogP contribution in [0, 0.1) is 0 Å². The van der Waals surface area contributed by atoms with E-state index in [2.05, 4.69) is 22.2 Å². The minimum Gasteiger partial charge on any atom is -0.351 e. The van der Waals surface area contributed by atoms with Gasteiger partial charge in [0.15, 0.2) is 0 Å². The summed E-state index contributed by atoms with van der Waals surface area (Å²) in [6.07, 6.45) is 17.5. The van der Waals surface area contributed by atoms with E-state index in [1.165, 1.54) is 70.6 Å². The molecule has 4 nitrogen and oxygen atoms in total. The largest absolute Gasteiger partial charge is 0.351 e. The van der Waals surface area contributed by atoms with E-state index >= 15 is 0 Å². The highest BCUT2D eigenvalue weighted by Crippen LogP contribution is 2.15. The molecule has 1 aromatic carbocycles. The van der Waals surface area contributed by atoms with Crippen molar-refractivity contribution >= 4 is 5.91 Å². The number of amides is 1. The fourth-order valence-corrected chi connectivity index (χ4v) is 3.44. The van der Waals surface area contributed by atoms with E-state index in [9.17, 15) is 4.79 Å². The minimum atomic E-state index is -0.0715. The van der Waals surface area contributed by atoms with E-state index in [1.54, 1.807) is 6.20 Å². The Labute approximate surface area is 170 Å². The van der Waals surface area contributed by atoms with Crippen molar-refractivity contribution in [2.75, 3.05) is 6.54 Å². The first-order chi connectivity index (χ1) is 13.8.